The van der Waals surface area contributed by atoms with Crippen LogP contribution in [0, 0.1) is 0 Å². The standard InChI is InChI=1S/C23H31ClN4O4SSi/c1-34(2,3)14-12-32-17-28-21(15-33(30,31)13-4-11-29)27-22(18-5-7-19(24)8-6-18)23(28)20-9-10-25-16-26-20/h5-10,16,29H,4,11-15,17H2,1-3H3. The lowest BCUT2D eigenvalue weighted by molar-refractivity contribution is 0.0866. The highest BCUT2D eigenvalue weighted by Gasteiger charge is 2.25. The lowest BCUT2D eigenvalue weighted by Crippen LogP contribution is -2.22. The fourth-order valence-electron chi connectivity index (χ4n) is 3.34. The molecule has 34 heavy (non-hydrogen) atoms. The number of aromatic nitrogens is 4. The van der Waals surface area contributed by atoms with Crippen LogP contribution in [0.15, 0.2) is 42.9 Å². The van der Waals surface area contributed by atoms with Gasteiger partial charge in [-0.05, 0) is 30.7 Å². The zero-order valence-electron chi connectivity index (χ0n) is 19.7. The molecule has 184 valence electrons. The quantitative estimate of drug-likeness (QED) is 0.279. The first-order valence-corrected chi connectivity index (χ1v) is 17.0. The maximum absolute atomic E-state index is 12.8. The van der Waals surface area contributed by atoms with Crippen molar-refractivity contribution in [3.8, 4) is 22.6 Å². The Morgan fingerprint density at radius 1 is 1.15 bits per heavy atom. The molecule has 3 rings (SSSR count). The van der Waals surface area contributed by atoms with Crippen molar-refractivity contribution in [1.82, 2.24) is 19.5 Å². The number of ether oxygens (including phenoxy) is 1. The van der Waals surface area contributed by atoms with Gasteiger partial charge in [-0.25, -0.2) is 23.4 Å². The van der Waals surface area contributed by atoms with E-state index in [0.717, 1.165) is 11.6 Å². The maximum atomic E-state index is 12.8. The van der Waals surface area contributed by atoms with E-state index >= 15 is 0 Å². The van der Waals surface area contributed by atoms with Crippen LogP contribution in [0.1, 0.15) is 12.2 Å². The molecule has 0 aliphatic rings. The SMILES string of the molecule is C[Si](C)(C)CCOCn1c(CS(=O)(=O)CCCO)nc(-c2ccc(Cl)cc2)c1-c1ccncn1. The van der Waals surface area contributed by atoms with E-state index in [-0.39, 0.29) is 31.3 Å². The number of benzene rings is 1. The van der Waals surface area contributed by atoms with Gasteiger partial charge in [0.05, 0.1) is 22.8 Å². The Hall–Kier alpha value is -2.11. The molecule has 0 spiro atoms. The van der Waals surface area contributed by atoms with E-state index < -0.39 is 17.9 Å². The highest BCUT2D eigenvalue weighted by atomic mass is 35.5. The van der Waals surface area contributed by atoms with Gasteiger partial charge in [0.15, 0.2) is 9.84 Å². The van der Waals surface area contributed by atoms with Crippen LogP contribution in [0.25, 0.3) is 22.6 Å². The van der Waals surface area contributed by atoms with Crippen LogP contribution in [0.2, 0.25) is 30.7 Å². The lowest BCUT2D eigenvalue weighted by atomic mass is 10.1. The van der Waals surface area contributed by atoms with Crippen molar-refractivity contribution in [2.45, 2.75) is 44.6 Å². The van der Waals surface area contributed by atoms with Gasteiger partial charge in [-0.3, -0.25) is 0 Å². The van der Waals surface area contributed by atoms with E-state index in [1.54, 1.807) is 29.0 Å². The molecule has 0 aliphatic carbocycles. The molecular formula is C23H31ClN4O4SSi. The largest absolute Gasteiger partial charge is 0.396 e. The van der Waals surface area contributed by atoms with E-state index in [2.05, 4.69) is 29.6 Å². The molecule has 0 aliphatic heterocycles. The third kappa shape index (κ3) is 7.44. The zero-order chi connectivity index (χ0) is 24.8. The van der Waals surface area contributed by atoms with Crippen molar-refractivity contribution in [3.05, 3.63) is 53.7 Å². The molecule has 8 nitrogen and oxygen atoms in total. The van der Waals surface area contributed by atoms with Crippen LogP contribution >= 0.6 is 11.6 Å². The van der Waals surface area contributed by atoms with Gasteiger partial charge in [-0.1, -0.05) is 43.4 Å². The molecule has 0 fully saturated rings. The molecule has 0 saturated carbocycles. The third-order valence-corrected chi connectivity index (χ3v) is 8.73. The van der Waals surface area contributed by atoms with E-state index in [9.17, 15) is 8.42 Å². The number of aliphatic hydroxyl groups is 1. The van der Waals surface area contributed by atoms with Crippen LogP contribution in [0.3, 0.4) is 0 Å². The number of aliphatic hydroxyl groups excluding tert-OH is 1. The summed E-state index contributed by atoms with van der Waals surface area (Å²) in [5, 5.41) is 9.69. The van der Waals surface area contributed by atoms with Crippen LogP contribution in [-0.2, 0) is 27.1 Å². The number of hydrogen-bond acceptors (Lipinski definition) is 7. The predicted molar refractivity (Wildman–Crippen MR) is 137 cm³/mol. The number of rotatable bonds is 12. The topological polar surface area (TPSA) is 107 Å². The maximum Gasteiger partial charge on any atom is 0.157 e. The molecular weight excluding hydrogens is 492 g/mol. The number of nitrogens with zero attached hydrogens (tertiary/aromatic N) is 4. The van der Waals surface area contributed by atoms with E-state index in [0.29, 0.717) is 34.5 Å². The average molecular weight is 523 g/mol. The fraction of sp³-hybridized carbons (Fsp3) is 0.435. The Balaban J connectivity index is 2.09. The Morgan fingerprint density at radius 2 is 1.88 bits per heavy atom. The van der Waals surface area contributed by atoms with Gasteiger partial charge in [-0.15, -0.1) is 0 Å². The van der Waals surface area contributed by atoms with Crippen molar-refractivity contribution >= 4 is 29.5 Å². The highest BCUT2D eigenvalue weighted by Crippen LogP contribution is 2.33. The molecule has 3 aromatic rings. The minimum atomic E-state index is -3.49. The molecule has 1 N–H and O–H groups in total. The minimum Gasteiger partial charge on any atom is -0.396 e. The molecule has 0 bridgehead atoms. The number of imidazole rings is 1. The van der Waals surface area contributed by atoms with E-state index in [1.807, 2.05) is 12.1 Å². The Morgan fingerprint density at radius 3 is 2.50 bits per heavy atom. The summed E-state index contributed by atoms with van der Waals surface area (Å²) < 4.78 is 33.3. The van der Waals surface area contributed by atoms with E-state index in [1.165, 1.54) is 6.33 Å². The summed E-state index contributed by atoms with van der Waals surface area (Å²) in [6, 6.07) is 9.97. The summed E-state index contributed by atoms with van der Waals surface area (Å²) in [6.07, 6.45) is 3.26. The molecule has 11 heteroatoms. The highest BCUT2D eigenvalue weighted by molar-refractivity contribution is 7.90. The van der Waals surface area contributed by atoms with E-state index in [4.69, 9.17) is 26.4 Å². The molecule has 0 radical (unpaired) electrons. The second kappa shape index (κ2) is 11.5. The van der Waals surface area contributed by atoms with Crippen LogP contribution < -0.4 is 0 Å². The molecule has 2 heterocycles. The molecule has 1 aromatic carbocycles. The van der Waals surface area contributed by atoms with Gasteiger partial charge in [0.25, 0.3) is 0 Å². The van der Waals surface area contributed by atoms with Crippen LogP contribution in [0.5, 0.6) is 0 Å². The van der Waals surface area contributed by atoms with Gasteiger partial charge >= 0.3 is 0 Å². The van der Waals surface area contributed by atoms with Crippen molar-refractivity contribution < 1.29 is 18.3 Å². The first-order chi connectivity index (χ1) is 16.1. The van der Waals surface area contributed by atoms with Crippen LogP contribution in [0.4, 0.5) is 0 Å². The van der Waals surface area contributed by atoms with Gasteiger partial charge in [0.1, 0.15) is 24.6 Å². The number of hydrogen-bond donors (Lipinski definition) is 1. The second-order valence-corrected chi connectivity index (χ2v) is 17.5. The van der Waals surface area contributed by atoms with Gasteiger partial charge in [-0.2, -0.15) is 0 Å². The lowest BCUT2D eigenvalue weighted by Gasteiger charge is -2.17. The molecule has 0 saturated heterocycles. The van der Waals surface area contributed by atoms with Gasteiger partial charge in [0.2, 0.25) is 0 Å². The summed E-state index contributed by atoms with van der Waals surface area (Å²) in [6.45, 7) is 7.36. The average Bonchev–Trinajstić information content (AvgIpc) is 3.13. The minimum absolute atomic E-state index is 0.119. The van der Waals surface area contributed by atoms with Gasteiger partial charge in [0, 0.05) is 38.1 Å². The van der Waals surface area contributed by atoms with Crippen molar-refractivity contribution in [3.63, 3.8) is 0 Å². The van der Waals surface area contributed by atoms with Crippen molar-refractivity contribution in [2.24, 2.45) is 0 Å². The Labute approximate surface area is 206 Å². The summed E-state index contributed by atoms with van der Waals surface area (Å²) in [5.41, 5.74) is 2.65. The normalized spacial score (nSPS) is 12.3. The first-order valence-electron chi connectivity index (χ1n) is 11.1. The second-order valence-electron chi connectivity index (χ2n) is 9.27. The summed E-state index contributed by atoms with van der Waals surface area (Å²) in [4.78, 5) is 13.2. The summed E-state index contributed by atoms with van der Waals surface area (Å²) in [7, 11) is -4.79. The predicted octanol–water partition coefficient (Wildman–Crippen LogP) is 4.27. The molecule has 0 amide bonds. The van der Waals surface area contributed by atoms with Gasteiger partial charge < -0.3 is 14.4 Å². The summed E-state index contributed by atoms with van der Waals surface area (Å²) >= 11 is 6.09. The zero-order valence-corrected chi connectivity index (χ0v) is 22.3. The van der Waals surface area contributed by atoms with Crippen molar-refractivity contribution in [1.29, 1.82) is 0 Å². The molecule has 0 atom stereocenters. The Bertz CT molecular complexity index is 1180. The third-order valence-electron chi connectivity index (χ3n) is 5.17. The molecule has 2 aromatic heterocycles. The Kier molecular flexibility index (Phi) is 8.99. The monoisotopic (exact) mass is 522 g/mol. The summed E-state index contributed by atoms with van der Waals surface area (Å²) in [5.74, 6) is -0.0216. The van der Waals surface area contributed by atoms with Crippen molar-refractivity contribution in [2.75, 3.05) is 19.0 Å². The fourth-order valence-corrected chi connectivity index (χ4v) is 5.55. The first kappa shape index (κ1) is 26.5. The molecule has 0 unspecified atom stereocenters. The smallest absolute Gasteiger partial charge is 0.157 e. The van der Waals surface area contributed by atoms with Crippen LogP contribution in [-0.4, -0.2) is 60.1 Å². The number of halogens is 1. The number of sulfone groups is 1.